The highest BCUT2D eigenvalue weighted by Gasteiger charge is 2.44. The van der Waals surface area contributed by atoms with Gasteiger partial charge in [0.25, 0.3) is 5.91 Å². The molecule has 1 N–H and O–H groups in total. The molecule has 0 spiro atoms. The number of nitrogens with one attached hydrogen (secondary N) is 1. The van der Waals surface area contributed by atoms with Gasteiger partial charge >= 0.3 is 0 Å². The van der Waals surface area contributed by atoms with Crippen molar-refractivity contribution in [1.29, 1.82) is 0 Å². The molecule has 3 heterocycles. The first-order chi connectivity index (χ1) is 10.2. The van der Waals surface area contributed by atoms with Crippen LogP contribution in [0.1, 0.15) is 58.3 Å². The molecule has 3 aliphatic heterocycles. The highest BCUT2D eigenvalue weighted by atomic mass is 16.5. The summed E-state index contributed by atoms with van der Waals surface area (Å²) >= 11 is 0. The maximum Gasteiger partial charge on any atom is 0.254 e. The van der Waals surface area contributed by atoms with Crippen molar-refractivity contribution in [2.75, 3.05) is 26.2 Å². The minimum atomic E-state index is -0.546. The van der Waals surface area contributed by atoms with Crippen molar-refractivity contribution in [1.82, 2.24) is 10.2 Å². The fourth-order valence-corrected chi connectivity index (χ4v) is 4.36. The van der Waals surface area contributed by atoms with Gasteiger partial charge in [0.2, 0.25) is 0 Å². The molecular weight excluding hydrogens is 264 g/mol. The van der Waals surface area contributed by atoms with Gasteiger partial charge in [-0.25, -0.2) is 0 Å². The number of rotatable bonds is 2. The number of nitrogens with zero attached hydrogens (tertiary/aromatic N) is 1. The Bertz CT molecular complexity index is 360. The van der Waals surface area contributed by atoms with Gasteiger partial charge < -0.3 is 15.0 Å². The molecule has 21 heavy (non-hydrogen) atoms. The summed E-state index contributed by atoms with van der Waals surface area (Å²) in [6.45, 7) is 5.90. The normalized spacial score (nSPS) is 35.7. The third-order valence-electron chi connectivity index (χ3n) is 5.66. The molecule has 2 atom stereocenters. The van der Waals surface area contributed by atoms with Crippen molar-refractivity contribution in [3.05, 3.63) is 0 Å². The summed E-state index contributed by atoms with van der Waals surface area (Å²) in [6.07, 6.45) is 9.22. The molecule has 120 valence electrons. The molecule has 3 fully saturated rings. The predicted octanol–water partition coefficient (Wildman–Crippen LogP) is 2.33. The summed E-state index contributed by atoms with van der Waals surface area (Å²) in [5, 5.41) is 3.45. The third kappa shape index (κ3) is 3.26. The number of hydrogen-bond acceptors (Lipinski definition) is 3. The second-order valence-electron chi connectivity index (χ2n) is 7.19. The van der Waals surface area contributed by atoms with Crippen LogP contribution < -0.4 is 5.32 Å². The molecule has 3 rings (SSSR count). The Kier molecular flexibility index (Phi) is 4.85. The Hall–Kier alpha value is -0.610. The molecule has 4 nitrogen and oxygen atoms in total. The van der Waals surface area contributed by atoms with Crippen LogP contribution in [-0.2, 0) is 9.53 Å². The van der Waals surface area contributed by atoms with Gasteiger partial charge in [-0.3, -0.25) is 4.79 Å². The second kappa shape index (κ2) is 6.66. The molecule has 3 aliphatic rings. The molecule has 0 aromatic heterocycles. The zero-order chi connectivity index (χ0) is 14.7. The molecule has 0 radical (unpaired) electrons. The third-order valence-corrected chi connectivity index (χ3v) is 5.66. The molecule has 0 aromatic rings. The van der Waals surface area contributed by atoms with Crippen LogP contribution in [0.5, 0.6) is 0 Å². The lowest BCUT2D eigenvalue weighted by molar-refractivity contribution is -0.155. The van der Waals surface area contributed by atoms with E-state index in [1.165, 1.54) is 32.1 Å². The molecule has 0 bridgehead atoms. The number of piperidine rings is 1. The summed E-state index contributed by atoms with van der Waals surface area (Å²) in [7, 11) is 0. The monoisotopic (exact) mass is 294 g/mol. The van der Waals surface area contributed by atoms with Crippen molar-refractivity contribution in [2.45, 2.75) is 69.9 Å². The van der Waals surface area contributed by atoms with Gasteiger partial charge in [-0.1, -0.05) is 12.8 Å². The van der Waals surface area contributed by atoms with Crippen molar-refractivity contribution >= 4 is 5.91 Å². The highest BCUT2D eigenvalue weighted by molar-refractivity contribution is 5.85. The van der Waals surface area contributed by atoms with Gasteiger partial charge in [0.1, 0.15) is 5.60 Å². The molecule has 0 saturated carbocycles. The quantitative estimate of drug-likeness (QED) is 0.850. The Morgan fingerprint density at radius 1 is 1.14 bits per heavy atom. The van der Waals surface area contributed by atoms with E-state index in [1.54, 1.807) is 0 Å². The van der Waals surface area contributed by atoms with Crippen molar-refractivity contribution in [3.63, 3.8) is 0 Å². The zero-order valence-electron chi connectivity index (χ0n) is 13.4. The first-order valence-electron chi connectivity index (χ1n) is 8.86. The van der Waals surface area contributed by atoms with Crippen molar-refractivity contribution in [2.24, 2.45) is 5.92 Å². The van der Waals surface area contributed by atoms with Crippen LogP contribution in [-0.4, -0.2) is 48.7 Å². The Morgan fingerprint density at radius 2 is 1.95 bits per heavy atom. The van der Waals surface area contributed by atoms with E-state index < -0.39 is 5.60 Å². The first-order valence-corrected chi connectivity index (χ1v) is 8.86. The number of carbonyl (C=O) groups is 1. The molecule has 2 unspecified atom stereocenters. The lowest BCUT2D eigenvalue weighted by Gasteiger charge is -2.41. The van der Waals surface area contributed by atoms with Crippen LogP contribution in [0.25, 0.3) is 0 Å². The summed E-state index contributed by atoms with van der Waals surface area (Å²) in [4.78, 5) is 15.3. The zero-order valence-corrected chi connectivity index (χ0v) is 13.4. The largest absolute Gasteiger partial charge is 0.365 e. The topological polar surface area (TPSA) is 41.6 Å². The van der Waals surface area contributed by atoms with Gasteiger partial charge in [0, 0.05) is 19.2 Å². The molecule has 0 aromatic carbocycles. The van der Waals surface area contributed by atoms with Gasteiger partial charge in [-0.2, -0.15) is 0 Å². The molecule has 3 saturated heterocycles. The standard InChI is InChI=1S/C17H30N2O2/c1-17(9-5-13-21-17)16(20)19-12-4-2-3-6-15(19)14-7-10-18-11-8-14/h14-15,18H,2-13H2,1H3. The smallest absolute Gasteiger partial charge is 0.254 e. The van der Waals surface area contributed by atoms with E-state index in [0.29, 0.717) is 12.0 Å². The summed E-state index contributed by atoms with van der Waals surface area (Å²) in [5.41, 5.74) is -0.546. The highest BCUT2D eigenvalue weighted by Crippen LogP contribution is 2.33. The van der Waals surface area contributed by atoms with Crippen molar-refractivity contribution < 1.29 is 9.53 Å². The first kappa shape index (κ1) is 15.3. The van der Waals surface area contributed by atoms with Gasteiger partial charge in [0.05, 0.1) is 0 Å². The molecule has 0 aliphatic carbocycles. The lowest BCUT2D eigenvalue weighted by Crippen LogP contribution is -2.54. The Balaban J connectivity index is 1.76. The van der Waals surface area contributed by atoms with E-state index in [9.17, 15) is 4.79 Å². The van der Waals surface area contributed by atoms with Crippen LogP contribution in [0.15, 0.2) is 0 Å². The molecule has 1 amide bonds. The fourth-order valence-electron chi connectivity index (χ4n) is 4.36. The summed E-state index contributed by atoms with van der Waals surface area (Å²) < 4.78 is 5.83. The number of carbonyl (C=O) groups excluding carboxylic acids is 1. The van der Waals surface area contributed by atoms with E-state index in [2.05, 4.69) is 10.2 Å². The fraction of sp³-hybridized carbons (Fsp3) is 0.941. The van der Waals surface area contributed by atoms with E-state index in [4.69, 9.17) is 4.74 Å². The van der Waals surface area contributed by atoms with E-state index in [1.807, 2.05) is 6.92 Å². The molecule has 4 heteroatoms. The number of ether oxygens (including phenoxy) is 1. The second-order valence-corrected chi connectivity index (χ2v) is 7.19. The summed E-state index contributed by atoms with van der Waals surface area (Å²) in [5.74, 6) is 0.948. The number of likely N-dealkylation sites (tertiary alicyclic amines) is 1. The lowest BCUT2D eigenvalue weighted by atomic mass is 9.86. The maximum atomic E-state index is 13.1. The van der Waals surface area contributed by atoms with Crippen LogP contribution in [0.3, 0.4) is 0 Å². The average Bonchev–Trinajstić information content (AvgIpc) is 2.83. The minimum absolute atomic E-state index is 0.269. The van der Waals surface area contributed by atoms with E-state index in [-0.39, 0.29) is 5.91 Å². The Labute approximate surface area is 128 Å². The minimum Gasteiger partial charge on any atom is -0.365 e. The van der Waals surface area contributed by atoms with Crippen LogP contribution in [0.4, 0.5) is 0 Å². The van der Waals surface area contributed by atoms with E-state index >= 15 is 0 Å². The van der Waals surface area contributed by atoms with Crippen LogP contribution >= 0.6 is 0 Å². The molecular formula is C17H30N2O2. The Morgan fingerprint density at radius 3 is 2.67 bits per heavy atom. The summed E-state index contributed by atoms with van der Waals surface area (Å²) in [6, 6.07) is 0.447. The van der Waals surface area contributed by atoms with Crippen LogP contribution in [0.2, 0.25) is 0 Å². The maximum absolute atomic E-state index is 13.1. The van der Waals surface area contributed by atoms with Gasteiger partial charge in [0.15, 0.2) is 0 Å². The van der Waals surface area contributed by atoms with Gasteiger partial charge in [-0.05, 0) is 64.5 Å². The van der Waals surface area contributed by atoms with Gasteiger partial charge in [-0.15, -0.1) is 0 Å². The van der Waals surface area contributed by atoms with Crippen molar-refractivity contribution in [3.8, 4) is 0 Å². The van der Waals surface area contributed by atoms with Crippen LogP contribution in [0, 0.1) is 5.92 Å². The SMILES string of the molecule is CC1(C(=O)N2CCCCCC2C2CCNCC2)CCCO1. The predicted molar refractivity (Wildman–Crippen MR) is 83.2 cm³/mol. The number of amides is 1. The van der Waals surface area contributed by atoms with E-state index in [0.717, 1.165) is 45.5 Å². The average molecular weight is 294 g/mol. The number of hydrogen-bond donors (Lipinski definition) is 1.